The van der Waals surface area contributed by atoms with Crippen LogP contribution in [-0.4, -0.2) is 11.0 Å². The number of benzene rings is 1. The summed E-state index contributed by atoms with van der Waals surface area (Å²) in [5.41, 5.74) is 6.54. The fourth-order valence-electron chi connectivity index (χ4n) is 2.38. The molecule has 2 rings (SSSR count). The van der Waals surface area contributed by atoms with Crippen molar-refractivity contribution in [2.24, 2.45) is 11.7 Å². The predicted octanol–water partition coefficient (Wildman–Crippen LogP) is 3.06. The molecule has 0 aliphatic heterocycles. The molecule has 2 atom stereocenters. The summed E-state index contributed by atoms with van der Waals surface area (Å²) in [6.45, 7) is 2.25. The molecular formula is C13H17FN2S. The van der Waals surface area contributed by atoms with Crippen LogP contribution in [0.2, 0.25) is 0 Å². The number of nitrogens with two attached hydrogens (primary N) is 1. The van der Waals surface area contributed by atoms with Crippen LogP contribution in [0.3, 0.4) is 0 Å². The van der Waals surface area contributed by atoms with Crippen LogP contribution >= 0.6 is 12.2 Å². The van der Waals surface area contributed by atoms with Crippen LogP contribution in [-0.2, 0) is 0 Å². The first kappa shape index (κ1) is 12.3. The maximum Gasteiger partial charge on any atom is 0.135 e. The van der Waals surface area contributed by atoms with Crippen molar-refractivity contribution in [1.82, 2.24) is 0 Å². The maximum atomic E-state index is 13.6. The van der Waals surface area contributed by atoms with E-state index in [9.17, 15) is 4.39 Å². The molecule has 1 aromatic carbocycles. The van der Waals surface area contributed by atoms with Gasteiger partial charge in [-0.1, -0.05) is 19.1 Å². The van der Waals surface area contributed by atoms with E-state index in [2.05, 4.69) is 12.2 Å². The third-order valence-electron chi connectivity index (χ3n) is 3.30. The topological polar surface area (TPSA) is 38.0 Å². The van der Waals surface area contributed by atoms with Gasteiger partial charge in [-0.2, -0.15) is 0 Å². The van der Waals surface area contributed by atoms with Gasteiger partial charge in [0.15, 0.2) is 0 Å². The second kappa shape index (κ2) is 5.00. The minimum atomic E-state index is -0.353. The van der Waals surface area contributed by atoms with Crippen molar-refractivity contribution >= 4 is 22.9 Å². The Morgan fingerprint density at radius 3 is 2.76 bits per heavy atom. The van der Waals surface area contributed by atoms with Gasteiger partial charge in [0.05, 0.1) is 0 Å². The van der Waals surface area contributed by atoms with Gasteiger partial charge < -0.3 is 11.1 Å². The van der Waals surface area contributed by atoms with E-state index < -0.39 is 0 Å². The second-order valence-corrected chi connectivity index (χ2v) is 5.26. The summed E-state index contributed by atoms with van der Waals surface area (Å²) in [5, 5.41) is 3.35. The Morgan fingerprint density at radius 1 is 1.47 bits per heavy atom. The molecule has 1 aliphatic rings. The summed E-state index contributed by atoms with van der Waals surface area (Å²) in [4.78, 5) is 0.100. The molecule has 92 valence electrons. The molecule has 17 heavy (non-hydrogen) atoms. The van der Waals surface area contributed by atoms with Gasteiger partial charge in [0, 0.05) is 17.3 Å². The minimum Gasteiger partial charge on any atom is -0.389 e. The molecule has 4 heteroatoms. The third kappa shape index (κ3) is 2.94. The lowest BCUT2D eigenvalue weighted by Crippen LogP contribution is -2.16. The molecule has 0 spiro atoms. The minimum absolute atomic E-state index is 0.100. The normalized spacial score (nSPS) is 23.6. The quantitative estimate of drug-likeness (QED) is 0.812. The Balaban J connectivity index is 2.07. The highest BCUT2D eigenvalue weighted by Gasteiger charge is 2.21. The second-order valence-electron chi connectivity index (χ2n) is 4.82. The third-order valence-corrected chi connectivity index (χ3v) is 3.52. The van der Waals surface area contributed by atoms with Crippen molar-refractivity contribution in [1.29, 1.82) is 0 Å². The molecular weight excluding hydrogens is 235 g/mol. The van der Waals surface area contributed by atoms with Gasteiger partial charge >= 0.3 is 0 Å². The first-order valence-electron chi connectivity index (χ1n) is 5.92. The molecule has 1 saturated carbocycles. The molecule has 0 saturated heterocycles. The van der Waals surface area contributed by atoms with E-state index >= 15 is 0 Å². The zero-order chi connectivity index (χ0) is 12.4. The van der Waals surface area contributed by atoms with Gasteiger partial charge in [-0.25, -0.2) is 4.39 Å². The Labute approximate surface area is 106 Å². The van der Waals surface area contributed by atoms with Crippen LogP contribution in [0.1, 0.15) is 31.7 Å². The summed E-state index contributed by atoms with van der Waals surface area (Å²) in [7, 11) is 0. The average Bonchev–Trinajstić information content (AvgIpc) is 2.63. The first-order valence-corrected chi connectivity index (χ1v) is 6.33. The van der Waals surface area contributed by atoms with Crippen LogP contribution in [0, 0.1) is 11.7 Å². The van der Waals surface area contributed by atoms with E-state index in [1.54, 1.807) is 6.07 Å². The summed E-state index contributed by atoms with van der Waals surface area (Å²) in [5.74, 6) is 0.404. The van der Waals surface area contributed by atoms with E-state index in [0.29, 0.717) is 11.6 Å². The van der Waals surface area contributed by atoms with Gasteiger partial charge in [-0.15, -0.1) is 0 Å². The molecule has 0 bridgehead atoms. The number of nitrogens with one attached hydrogen (secondary N) is 1. The largest absolute Gasteiger partial charge is 0.389 e. The van der Waals surface area contributed by atoms with Crippen molar-refractivity contribution in [2.45, 2.75) is 32.2 Å². The molecule has 0 heterocycles. The molecule has 0 radical (unpaired) electrons. The van der Waals surface area contributed by atoms with E-state index in [1.165, 1.54) is 12.5 Å². The number of thiocarbonyl (C=S) groups is 1. The van der Waals surface area contributed by atoms with E-state index in [1.807, 2.05) is 6.07 Å². The molecule has 0 amide bonds. The SMILES string of the molecule is CC1CCC(Nc2ccc(C(N)=S)c(F)c2)C1. The zero-order valence-electron chi connectivity index (χ0n) is 9.87. The van der Waals surface area contributed by atoms with E-state index in [0.717, 1.165) is 24.4 Å². The van der Waals surface area contributed by atoms with Gasteiger partial charge in [0.25, 0.3) is 0 Å². The number of hydrogen-bond acceptors (Lipinski definition) is 2. The number of halogens is 1. The standard InChI is InChI=1S/C13H17FN2S/c1-8-2-3-9(6-8)16-10-4-5-11(13(15)17)12(14)7-10/h4-5,7-9,16H,2-3,6H2,1H3,(H2,15,17). The van der Waals surface area contributed by atoms with Gasteiger partial charge in [-0.3, -0.25) is 0 Å². The smallest absolute Gasteiger partial charge is 0.135 e. The average molecular weight is 252 g/mol. The molecule has 0 aromatic heterocycles. The predicted molar refractivity (Wildman–Crippen MR) is 72.7 cm³/mol. The zero-order valence-corrected chi connectivity index (χ0v) is 10.7. The van der Waals surface area contributed by atoms with Crippen molar-refractivity contribution in [3.8, 4) is 0 Å². The fourth-order valence-corrected chi connectivity index (χ4v) is 2.54. The Kier molecular flexibility index (Phi) is 3.62. The lowest BCUT2D eigenvalue weighted by Gasteiger charge is -2.14. The van der Waals surface area contributed by atoms with Crippen molar-refractivity contribution in [3.63, 3.8) is 0 Å². The van der Waals surface area contributed by atoms with Crippen molar-refractivity contribution in [2.75, 3.05) is 5.32 Å². The molecule has 3 N–H and O–H groups in total. The van der Waals surface area contributed by atoms with Crippen LogP contribution < -0.4 is 11.1 Å². The Bertz CT molecular complexity index is 433. The van der Waals surface area contributed by atoms with Crippen LogP contribution in [0.5, 0.6) is 0 Å². The summed E-state index contributed by atoms with van der Waals surface area (Å²) in [6, 6.07) is 5.40. The van der Waals surface area contributed by atoms with Crippen LogP contribution in [0.25, 0.3) is 0 Å². The van der Waals surface area contributed by atoms with Gasteiger partial charge in [-0.05, 0) is 43.4 Å². The molecule has 1 fully saturated rings. The lowest BCUT2D eigenvalue weighted by atomic mass is 10.1. The van der Waals surface area contributed by atoms with Crippen molar-refractivity contribution in [3.05, 3.63) is 29.6 Å². The van der Waals surface area contributed by atoms with Gasteiger partial charge in [0.1, 0.15) is 10.8 Å². The number of anilines is 1. The van der Waals surface area contributed by atoms with Crippen LogP contribution in [0.4, 0.5) is 10.1 Å². The van der Waals surface area contributed by atoms with E-state index in [-0.39, 0.29) is 10.8 Å². The Hall–Kier alpha value is -1.16. The first-order chi connectivity index (χ1) is 8.06. The number of hydrogen-bond donors (Lipinski definition) is 2. The van der Waals surface area contributed by atoms with Gasteiger partial charge in [0.2, 0.25) is 0 Å². The highest BCUT2D eigenvalue weighted by atomic mass is 32.1. The summed E-state index contributed by atoms with van der Waals surface area (Å²) in [6.07, 6.45) is 3.55. The van der Waals surface area contributed by atoms with Crippen LogP contribution in [0.15, 0.2) is 18.2 Å². The lowest BCUT2D eigenvalue weighted by molar-refractivity contribution is 0.602. The highest BCUT2D eigenvalue weighted by molar-refractivity contribution is 7.80. The summed E-state index contributed by atoms with van der Waals surface area (Å²) >= 11 is 4.77. The number of rotatable bonds is 3. The summed E-state index contributed by atoms with van der Waals surface area (Å²) < 4.78 is 13.6. The molecule has 1 aliphatic carbocycles. The molecule has 2 unspecified atom stereocenters. The fraction of sp³-hybridized carbons (Fsp3) is 0.462. The van der Waals surface area contributed by atoms with Crippen molar-refractivity contribution < 1.29 is 4.39 Å². The van der Waals surface area contributed by atoms with E-state index in [4.69, 9.17) is 18.0 Å². The highest BCUT2D eigenvalue weighted by Crippen LogP contribution is 2.27. The molecule has 2 nitrogen and oxygen atoms in total. The Morgan fingerprint density at radius 2 is 2.24 bits per heavy atom. The monoisotopic (exact) mass is 252 g/mol. The maximum absolute atomic E-state index is 13.6. The molecule has 1 aromatic rings.